The maximum Gasteiger partial charge on any atom is 0.232 e. The number of phenols is 1. The molecule has 0 aliphatic rings. The van der Waals surface area contributed by atoms with Crippen molar-refractivity contribution >= 4 is 11.6 Å². The van der Waals surface area contributed by atoms with Gasteiger partial charge in [-0.25, -0.2) is 0 Å². The molecule has 0 radical (unpaired) electrons. The maximum atomic E-state index is 12.2. The first kappa shape index (κ1) is 12.6. The first-order chi connectivity index (χ1) is 7.38. The number of rotatable bonds is 3. The molecule has 1 aromatic rings. The van der Waals surface area contributed by atoms with Crippen molar-refractivity contribution in [3.8, 4) is 5.75 Å². The van der Waals surface area contributed by atoms with Gasteiger partial charge in [-0.1, -0.05) is 26.8 Å². The predicted octanol–water partition coefficient (Wildman–Crippen LogP) is 2.79. The van der Waals surface area contributed by atoms with Crippen molar-refractivity contribution < 1.29 is 9.90 Å². The van der Waals surface area contributed by atoms with Crippen LogP contribution in [0.4, 0.5) is 5.69 Å². The van der Waals surface area contributed by atoms with Crippen LogP contribution in [0, 0.1) is 5.41 Å². The van der Waals surface area contributed by atoms with Gasteiger partial charge in [0.15, 0.2) is 0 Å². The minimum Gasteiger partial charge on any atom is -0.508 e. The third-order valence-corrected chi connectivity index (χ3v) is 2.98. The Balaban J connectivity index is 2.95. The van der Waals surface area contributed by atoms with Crippen LogP contribution in [0.5, 0.6) is 5.75 Å². The summed E-state index contributed by atoms with van der Waals surface area (Å²) in [6.45, 7) is 5.84. The Morgan fingerprint density at radius 2 is 2.06 bits per heavy atom. The third-order valence-electron chi connectivity index (χ3n) is 2.98. The molecule has 3 nitrogen and oxygen atoms in total. The Hall–Kier alpha value is -1.51. The zero-order valence-corrected chi connectivity index (χ0v) is 10.3. The number of phenolic OH excluding ortho intramolecular Hbond substituents is 1. The molecule has 1 N–H and O–H groups in total. The fraction of sp³-hybridized carbons (Fsp3) is 0.462. The van der Waals surface area contributed by atoms with E-state index < -0.39 is 0 Å². The molecular weight excluding hydrogens is 202 g/mol. The van der Waals surface area contributed by atoms with E-state index in [-0.39, 0.29) is 17.1 Å². The second-order valence-electron chi connectivity index (χ2n) is 4.62. The van der Waals surface area contributed by atoms with Crippen LogP contribution in [0.3, 0.4) is 0 Å². The van der Waals surface area contributed by atoms with E-state index in [1.807, 2.05) is 26.8 Å². The van der Waals surface area contributed by atoms with Crippen LogP contribution >= 0.6 is 0 Å². The largest absolute Gasteiger partial charge is 0.508 e. The number of anilines is 1. The number of nitrogens with zero attached hydrogens (tertiary/aromatic N) is 1. The van der Waals surface area contributed by atoms with Crippen molar-refractivity contribution in [2.75, 3.05) is 11.9 Å². The highest BCUT2D eigenvalue weighted by atomic mass is 16.3. The van der Waals surface area contributed by atoms with Crippen molar-refractivity contribution in [3.05, 3.63) is 24.3 Å². The Bertz CT molecular complexity index is 385. The van der Waals surface area contributed by atoms with Gasteiger partial charge in [0.05, 0.1) is 0 Å². The highest BCUT2D eigenvalue weighted by Gasteiger charge is 2.29. The zero-order chi connectivity index (χ0) is 12.3. The summed E-state index contributed by atoms with van der Waals surface area (Å²) in [6, 6.07) is 6.72. The fourth-order valence-corrected chi connectivity index (χ4v) is 1.42. The highest BCUT2D eigenvalue weighted by Crippen LogP contribution is 2.27. The van der Waals surface area contributed by atoms with Gasteiger partial charge in [-0.3, -0.25) is 4.79 Å². The summed E-state index contributed by atoms with van der Waals surface area (Å²) in [7, 11) is 1.73. The van der Waals surface area contributed by atoms with Crippen LogP contribution in [0.1, 0.15) is 27.2 Å². The molecule has 3 heteroatoms. The molecule has 88 valence electrons. The van der Waals surface area contributed by atoms with Gasteiger partial charge in [0, 0.05) is 24.2 Å². The quantitative estimate of drug-likeness (QED) is 0.852. The van der Waals surface area contributed by atoms with Gasteiger partial charge in [0.2, 0.25) is 5.91 Å². The van der Waals surface area contributed by atoms with Crippen LogP contribution in [0.25, 0.3) is 0 Å². The molecular formula is C13H19NO2. The summed E-state index contributed by atoms with van der Waals surface area (Å²) in [5.74, 6) is 0.229. The number of benzene rings is 1. The minimum absolute atomic E-state index is 0.0561. The smallest absolute Gasteiger partial charge is 0.232 e. The van der Waals surface area contributed by atoms with E-state index in [4.69, 9.17) is 0 Å². The van der Waals surface area contributed by atoms with Crippen LogP contribution in [-0.4, -0.2) is 18.1 Å². The van der Waals surface area contributed by atoms with Crippen molar-refractivity contribution in [1.82, 2.24) is 0 Å². The molecule has 0 unspecified atom stereocenters. The Kier molecular flexibility index (Phi) is 3.58. The number of amides is 1. The summed E-state index contributed by atoms with van der Waals surface area (Å²) < 4.78 is 0. The van der Waals surface area contributed by atoms with E-state index in [0.717, 1.165) is 6.42 Å². The number of carbonyl (C=O) groups excluding carboxylic acids is 1. The van der Waals surface area contributed by atoms with Gasteiger partial charge in [-0.2, -0.15) is 0 Å². The molecule has 0 saturated heterocycles. The van der Waals surface area contributed by atoms with Crippen LogP contribution in [0.2, 0.25) is 0 Å². The second-order valence-corrected chi connectivity index (χ2v) is 4.62. The molecule has 0 fully saturated rings. The van der Waals surface area contributed by atoms with Crippen LogP contribution < -0.4 is 4.90 Å². The van der Waals surface area contributed by atoms with Crippen LogP contribution in [-0.2, 0) is 4.79 Å². The monoisotopic (exact) mass is 221 g/mol. The van der Waals surface area contributed by atoms with Gasteiger partial charge in [-0.05, 0) is 18.6 Å². The molecule has 16 heavy (non-hydrogen) atoms. The van der Waals surface area contributed by atoms with Gasteiger partial charge in [0.1, 0.15) is 5.75 Å². The lowest BCUT2D eigenvalue weighted by atomic mass is 9.88. The van der Waals surface area contributed by atoms with Crippen molar-refractivity contribution in [2.24, 2.45) is 5.41 Å². The summed E-state index contributed by atoms with van der Waals surface area (Å²) in [6.07, 6.45) is 0.787. The zero-order valence-electron chi connectivity index (χ0n) is 10.3. The van der Waals surface area contributed by atoms with Crippen molar-refractivity contribution in [1.29, 1.82) is 0 Å². The second kappa shape index (κ2) is 4.56. The minimum atomic E-state index is -0.375. The first-order valence-corrected chi connectivity index (χ1v) is 5.45. The number of aromatic hydroxyl groups is 1. The average Bonchev–Trinajstić information content (AvgIpc) is 2.27. The molecule has 0 bridgehead atoms. The Morgan fingerprint density at radius 1 is 1.44 bits per heavy atom. The SMILES string of the molecule is CCC(C)(C)C(=O)N(C)c1cccc(O)c1. The average molecular weight is 221 g/mol. The van der Waals surface area contributed by atoms with Gasteiger partial charge in [-0.15, -0.1) is 0 Å². The summed E-state index contributed by atoms with van der Waals surface area (Å²) >= 11 is 0. The maximum absolute atomic E-state index is 12.2. The van der Waals surface area contributed by atoms with Gasteiger partial charge in [0.25, 0.3) is 0 Å². The van der Waals surface area contributed by atoms with E-state index in [1.54, 1.807) is 30.1 Å². The first-order valence-electron chi connectivity index (χ1n) is 5.45. The third kappa shape index (κ3) is 2.54. The lowest BCUT2D eigenvalue weighted by Crippen LogP contribution is -2.38. The lowest BCUT2D eigenvalue weighted by Gasteiger charge is -2.28. The molecule has 0 aromatic heterocycles. The lowest BCUT2D eigenvalue weighted by molar-refractivity contribution is -0.126. The number of carbonyl (C=O) groups is 1. The van der Waals surface area contributed by atoms with Crippen molar-refractivity contribution in [3.63, 3.8) is 0 Å². The van der Waals surface area contributed by atoms with E-state index in [2.05, 4.69) is 0 Å². The van der Waals surface area contributed by atoms with E-state index >= 15 is 0 Å². The predicted molar refractivity (Wildman–Crippen MR) is 65.6 cm³/mol. The number of hydrogen-bond acceptors (Lipinski definition) is 2. The van der Waals surface area contributed by atoms with E-state index in [0.29, 0.717) is 5.69 Å². The summed E-state index contributed by atoms with van der Waals surface area (Å²) in [4.78, 5) is 13.7. The standard InChI is InChI=1S/C13H19NO2/c1-5-13(2,3)12(16)14(4)10-7-6-8-11(15)9-10/h6-9,15H,5H2,1-4H3. The summed E-state index contributed by atoms with van der Waals surface area (Å²) in [5, 5.41) is 9.37. The molecule has 0 heterocycles. The van der Waals surface area contributed by atoms with E-state index in [9.17, 15) is 9.90 Å². The molecule has 0 atom stereocenters. The van der Waals surface area contributed by atoms with Crippen LogP contribution in [0.15, 0.2) is 24.3 Å². The Labute approximate surface area is 96.7 Å². The Morgan fingerprint density at radius 3 is 2.56 bits per heavy atom. The molecule has 0 spiro atoms. The van der Waals surface area contributed by atoms with Gasteiger partial charge >= 0.3 is 0 Å². The number of hydrogen-bond donors (Lipinski definition) is 1. The van der Waals surface area contributed by atoms with Crippen molar-refractivity contribution in [2.45, 2.75) is 27.2 Å². The molecule has 1 rings (SSSR count). The highest BCUT2D eigenvalue weighted by molar-refractivity contribution is 5.96. The summed E-state index contributed by atoms with van der Waals surface area (Å²) in [5.41, 5.74) is 0.340. The van der Waals surface area contributed by atoms with E-state index in [1.165, 1.54) is 0 Å². The normalized spacial score (nSPS) is 11.2. The molecule has 0 aliphatic heterocycles. The molecule has 1 amide bonds. The van der Waals surface area contributed by atoms with Gasteiger partial charge < -0.3 is 10.0 Å². The fourth-order valence-electron chi connectivity index (χ4n) is 1.42. The molecule has 0 saturated carbocycles. The topological polar surface area (TPSA) is 40.5 Å². The molecule has 0 aliphatic carbocycles. The molecule has 1 aromatic carbocycles.